The largest absolute Gasteiger partial charge is 0.400 e. The van der Waals surface area contributed by atoms with Crippen LogP contribution in [0.25, 0.3) is 0 Å². The van der Waals surface area contributed by atoms with E-state index in [4.69, 9.17) is 26.8 Å². The zero-order valence-electron chi connectivity index (χ0n) is 12.7. The maximum atomic E-state index is 7.00. The van der Waals surface area contributed by atoms with Gasteiger partial charge in [0.1, 0.15) is 0 Å². The first kappa shape index (κ1) is 36.3. The van der Waals surface area contributed by atoms with Gasteiger partial charge >= 0.3 is 0 Å². The SMILES string of the molecule is CO.CO.CO.NCCCCCCN.[CH2-]CC.[Ti]. The van der Waals surface area contributed by atoms with Crippen molar-refractivity contribution in [1.82, 2.24) is 0 Å². The summed E-state index contributed by atoms with van der Waals surface area (Å²) in [7, 11) is 3.00. The summed E-state index contributed by atoms with van der Waals surface area (Å²) in [5.41, 5.74) is 10.6. The normalized spacial score (nSPS) is 6.33. The van der Waals surface area contributed by atoms with Gasteiger partial charge in [-0.2, -0.15) is 6.42 Å². The Morgan fingerprint density at radius 3 is 1.00 bits per heavy atom. The second kappa shape index (κ2) is 84.6. The number of aliphatic hydroxyl groups is 3. The van der Waals surface area contributed by atoms with Crippen LogP contribution < -0.4 is 11.5 Å². The van der Waals surface area contributed by atoms with E-state index in [2.05, 4.69) is 6.92 Å². The molecule has 5 nitrogen and oxygen atoms in total. The molecular weight excluding hydrogens is 268 g/mol. The van der Waals surface area contributed by atoms with Crippen LogP contribution in [-0.4, -0.2) is 49.7 Å². The summed E-state index contributed by atoms with van der Waals surface area (Å²) in [5, 5.41) is 21.0. The Morgan fingerprint density at radius 1 is 0.722 bits per heavy atom. The summed E-state index contributed by atoms with van der Waals surface area (Å²) < 4.78 is 0. The molecule has 0 rings (SSSR count). The van der Waals surface area contributed by atoms with E-state index in [1.165, 1.54) is 12.8 Å². The van der Waals surface area contributed by atoms with Crippen LogP contribution in [0.4, 0.5) is 0 Å². The van der Waals surface area contributed by atoms with Crippen LogP contribution in [0.3, 0.4) is 0 Å². The molecule has 0 heterocycles. The van der Waals surface area contributed by atoms with Crippen LogP contribution in [0.5, 0.6) is 0 Å². The third-order valence-corrected chi connectivity index (χ3v) is 1.16. The molecule has 0 saturated carbocycles. The van der Waals surface area contributed by atoms with Crippen LogP contribution in [0.1, 0.15) is 39.0 Å². The van der Waals surface area contributed by atoms with Crippen LogP contribution >= 0.6 is 0 Å². The van der Waals surface area contributed by atoms with Gasteiger partial charge in [-0.05, 0) is 25.9 Å². The van der Waals surface area contributed by atoms with Crippen LogP contribution in [0.2, 0.25) is 0 Å². The second-order valence-corrected chi connectivity index (χ2v) is 2.49. The first-order chi connectivity index (χ1) is 8.33. The molecular formula is C12H35N2O3Ti-. The van der Waals surface area contributed by atoms with Gasteiger partial charge in [0, 0.05) is 43.0 Å². The quantitative estimate of drug-likeness (QED) is 0.289. The minimum absolute atomic E-state index is 0. The predicted molar refractivity (Wildman–Crippen MR) is 76.7 cm³/mol. The number of hydrogen-bond donors (Lipinski definition) is 5. The number of rotatable bonds is 5. The first-order valence-corrected chi connectivity index (χ1v) is 5.87. The zero-order valence-corrected chi connectivity index (χ0v) is 14.2. The molecule has 0 aliphatic carbocycles. The van der Waals surface area contributed by atoms with Gasteiger partial charge in [-0.3, -0.25) is 0 Å². The molecule has 0 atom stereocenters. The Balaban J connectivity index is -0.0000000306. The Morgan fingerprint density at radius 2 is 0.889 bits per heavy atom. The Kier molecular flexibility index (Phi) is 170. The molecule has 0 radical (unpaired) electrons. The van der Waals surface area contributed by atoms with E-state index in [0.29, 0.717) is 0 Å². The molecule has 0 aromatic heterocycles. The fourth-order valence-corrected chi connectivity index (χ4v) is 0.642. The number of hydrogen-bond acceptors (Lipinski definition) is 5. The van der Waals surface area contributed by atoms with Gasteiger partial charge in [-0.25, -0.2) is 0 Å². The van der Waals surface area contributed by atoms with Gasteiger partial charge in [0.2, 0.25) is 0 Å². The molecule has 0 fully saturated rings. The topological polar surface area (TPSA) is 113 Å². The molecule has 0 spiro atoms. The predicted octanol–water partition coefficient (Wildman–Crippen LogP) is 0.518. The van der Waals surface area contributed by atoms with Gasteiger partial charge in [0.25, 0.3) is 0 Å². The molecule has 0 unspecified atom stereocenters. The molecule has 0 aliphatic rings. The molecule has 116 valence electrons. The van der Waals surface area contributed by atoms with Crippen molar-refractivity contribution in [2.24, 2.45) is 11.5 Å². The van der Waals surface area contributed by atoms with Crippen molar-refractivity contribution < 1.29 is 37.0 Å². The van der Waals surface area contributed by atoms with E-state index in [9.17, 15) is 0 Å². The van der Waals surface area contributed by atoms with E-state index >= 15 is 0 Å². The molecule has 0 bridgehead atoms. The van der Waals surface area contributed by atoms with Gasteiger partial charge in [-0.15, -0.1) is 0 Å². The van der Waals surface area contributed by atoms with E-state index in [1.54, 1.807) is 0 Å². The zero-order chi connectivity index (χ0) is 14.9. The Bertz CT molecular complexity index is 58.6. The minimum atomic E-state index is 0. The molecule has 18 heavy (non-hydrogen) atoms. The molecule has 0 saturated heterocycles. The van der Waals surface area contributed by atoms with E-state index in [-0.39, 0.29) is 21.7 Å². The summed E-state index contributed by atoms with van der Waals surface area (Å²) in [6.45, 7) is 7.15. The number of aliphatic hydroxyl groups excluding tert-OH is 3. The molecule has 0 aromatic carbocycles. The van der Waals surface area contributed by atoms with Crippen molar-refractivity contribution in [3.8, 4) is 0 Å². The average Bonchev–Trinajstić information content (AvgIpc) is 2.43. The number of nitrogens with two attached hydrogens (primary N) is 2. The van der Waals surface area contributed by atoms with Gasteiger partial charge < -0.3 is 33.7 Å². The van der Waals surface area contributed by atoms with Gasteiger partial charge in [0.15, 0.2) is 0 Å². The van der Waals surface area contributed by atoms with Crippen molar-refractivity contribution in [3.63, 3.8) is 0 Å². The van der Waals surface area contributed by atoms with Gasteiger partial charge in [0.05, 0.1) is 0 Å². The monoisotopic (exact) mass is 303 g/mol. The minimum Gasteiger partial charge on any atom is -0.400 e. The smallest absolute Gasteiger partial charge is 0.0319 e. The van der Waals surface area contributed by atoms with Gasteiger partial charge in [-0.1, -0.05) is 19.8 Å². The molecule has 0 amide bonds. The molecule has 6 heteroatoms. The summed E-state index contributed by atoms with van der Waals surface area (Å²) in [5.74, 6) is 0. The third kappa shape index (κ3) is 131. The van der Waals surface area contributed by atoms with Crippen molar-refractivity contribution in [2.75, 3.05) is 34.4 Å². The van der Waals surface area contributed by atoms with Crippen molar-refractivity contribution in [1.29, 1.82) is 0 Å². The average molecular weight is 303 g/mol. The molecule has 7 N–H and O–H groups in total. The second-order valence-electron chi connectivity index (χ2n) is 2.49. The van der Waals surface area contributed by atoms with Crippen molar-refractivity contribution >= 4 is 0 Å². The summed E-state index contributed by atoms with van der Waals surface area (Å²) in [6.07, 6.45) is 5.79. The summed E-state index contributed by atoms with van der Waals surface area (Å²) >= 11 is 0. The van der Waals surface area contributed by atoms with Crippen LogP contribution in [0.15, 0.2) is 0 Å². The molecule has 0 aliphatic heterocycles. The maximum absolute atomic E-state index is 7.00. The van der Waals surface area contributed by atoms with Crippen LogP contribution in [0, 0.1) is 6.92 Å². The van der Waals surface area contributed by atoms with Crippen molar-refractivity contribution in [3.05, 3.63) is 6.92 Å². The summed E-state index contributed by atoms with van der Waals surface area (Å²) in [4.78, 5) is 0. The molecule has 0 aromatic rings. The van der Waals surface area contributed by atoms with Crippen molar-refractivity contribution in [2.45, 2.75) is 39.0 Å². The van der Waals surface area contributed by atoms with E-state index < -0.39 is 0 Å². The van der Waals surface area contributed by atoms with E-state index in [1.807, 2.05) is 6.92 Å². The fraction of sp³-hybridized carbons (Fsp3) is 0.917. The third-order valence-electron chi connectivity index (χ3n) is 1.16. The standard InChI is InChI=1S/C6H16N2.C3H7.3CH4O.Ti/c7-5-3-1-2-4-6-8;1-3-2;3*1-2;/h1-8H2;1,3H2,2H3;3*2H,1H3;/q;-1;;;;. The number of unbranched alkanes of at least 4 members (excludes halogenated alkanes) is 3. The fourth-order valence-electron chi connectivity index (χ4n) is 0.642. The van der Waals surface area contributed by atoms with Crippen LogP contribution in [-0.2, 0) is 21.7 Å². The Labute approximate surface area is 129 Å². The summed E-state index contributed by atoms with van der Waals surface area (Å²) in [6, 6.07) is 0. The Hall–Kier alpha value is 0.514. The van der Waals surface area contributed by atoms with E-state index in [0.717, 1.165) is 53.7 Å². The first-order valence-electron chi connectivity index (χ1n) is 5.87. The maximum Gasteiger partial charge on any atom is 0.0319 e.